The van der Waals surface area contributed by atoms with Gasteiger partial charge in [0.2, 0.25) is 0 Å². The van der Waals surface area contributed by atoms with Crippen molar-refractivity contribution in [1.82, 2.24) is 20.0 Å². The van der Waals surface area contributed by atoms with E-state index in [1.165, 1.54) is 0 Å². The van der Waals surface area contributed by atoms with Gasteiger partial charge in [0.05, 0.1) is 0 Å². The molecule has 4 radical (unpaired) electrons. The predicted molar refractivity (Wildman–Crippen MR) is 244 cm³/mol. The van der Waals surface area contributed by atoms with Gasteiger partial charge < -0.3 is 101 Å². The van der Waals surface area contributed by atoms with Crippen molar-refractivity contribution in [3.8, 4) is 0 Å². The summed E-state index contributed by atoms with van der Waals surface area (Å²) >= 11 is 4.24. The number of benzene rings is 3. The molecule has 5 N–H and O–H groups in total. The van der Waals surface area contributed by atoms with Gasteiger partial charge in [0.1, 0.15) is 0 Å². The van der Waals surface area contributed by atoms with E-state index in [-0.39, 0.29) is 269 Å². The number of aryl methyl sites for hydroxylation is 1. The summed E-state index contributed by atoms with van der Waals surface area (Å²) < 4.78 is 0. The minimum atomic E-state index is 0. The van der Waals surface area contributed by atoms with Crippen LogP contribution in [0.2, 0.25) is 0 Å². The largest absolute Gasteiger partial charge is 1.00 e. The smallest absolute Gasteiger partial charge is 0.454 e. The average molecular weight is 2600 g/mol. The van der Waals surface area contributed by atoms with E-state index in [0.29, 0.717) is 23.8 Å². The van der Waals surface area contributed by atoms with Crippen LogP contribution in [0.25, 0.3) is 0 Å². The number of hydrogen-bond acceptors (Lipinski definition) is 9. The van der Waals surface area contributed by atoms with Gasteiger partial charge in [0.25, 0.3) is 0 Å². The number of nitrogens with zero attached hydrogens (tertiary/aromatic N) is 5. The molecule has 3 aliphatic heterocycles. The third-order valence-corrected chi connectivity index (χ3v) is 8.79. The van der Waals surface area contributed by atoms with Gasteiger partial charge in [-0.05, 0) is 53.4 Å². The van der Waals surface area contributed by atoms with Crippen molar-refractivity contribution in [1.29, 1.82) is 0 Å². The Bertz CT molecular complexity index is 1400. The van der Waals surface area contributed by atoms with E-state index < -0.39 is 0 Å². The van der Waals surface area contributed by atoms with Crippen molar-refractivity contribution in [2.75, 3.05) is 101 Å². The van der Waals surface area contributed by atoms with Crippen LogP contribution in [0, 0.1) is 63.0 Å². The van der Waals surface area contributed by atoms with E-state index in [9.17, 15) is 0 Å². The molecule has 0 amide bonds. The molecule has 3 fully saturated rings. The van der Waals surface area contributed by atoms with Crippen LogP contribution in [-0.2, 0) is 79.8 Å². The van der Waals surface area contributed by atoms with E-state index in [0.717, 1.165) is 67.6 Å². The molecule has 3 saturated heterocycles. The molecule has 0 aliphatic carbocycles. The quantitative estimate of drug-likeness (QED) is 0.143. The van der Waals surface area contributed by atoms with Crippen molar-refractivity contribution < 1.29 is 254 Å². The Hall–Kier alpha value is 2.95. The number of anilines is 5. The summed E-state index contributed by atoms with van der Waals surface area (Å²) in [6.07, 6.45) is 0. The van der Waals surface area contributed by atoms with Crippen molar-refractivity contribution in [3.05, 3.63) is 98.0 Å². The summed E-state index contributed by atoms with van der Waals surface area (Å²) in [4.78, 5) is 11.4. The molecule has 3 aliphatic rings. The molecule has 62 heavy (non-hydrogen) atoms. The number of nitrogens with one attached hydrogen (secondary N) is 3. The summed E-state index contributed by atoms with van der Waals surface area (Å²) in [5.41, 5.74) is 11.7. The zero-order valence-corrected chi connectivity index (χ0v) is 85.7. The first kappa shape index (κ1) is 91.3. The average Bonchev–Trinajstić information content (AvgIpc) is 3.13. The van der Waals surface area contributed by atoms with Gasteiger partial charge in [-0.2, -0.15) is 22.7 Å². The minimum Gasteiger partial charge on any atom is -0.454 e. The molecule has 21 heteroatoms. The van der Waals surface area contributed by atoms with Crippen molar-refractivity contribution in [3.63, 3.8) is 0 Å². The van der Waals surface area contributed by atoms with Crippen molar-refractivity contribution in [2.45, 2.75) is 60.7 Å². The van der Waals surface area contributed by atoms with Crippen molar-refractivity contribution in [2.24, 2.45) is 0 Å². The molecular weight excluding hydrogens is 2540 g/mol. The molecule has 328 valence electrons. The molecule has 0 saturated carbocycles. The Morgan fingerprint density at radius 1 is 0.645 bits per heavy atom. The summed E-state index contributed by atoms with van der Waals surface area (Å²) in [5.74, 6) is 0. The van der Waals surface area contributed by atoms with Gasteiger partial charge in [-0.1, -0.05) is 55.6 Å². The Labute approximate surface area is 586 Å². The summed E-state index contributed by atoms with van der Waals surface area (Å²) in [7, 11) is 10.1. The van der Waals surface area contributed by atoms with Crippen LogP contribution < -0.4 is 206 Å². The van der Waals surface area contributed by atoms with Gasteiger partial charge in [0.15, 0.2) is 0 Å². The molecule has 3 atom stereocenters. The number of nitrogen functional groups attached to an aromatic ring is 1. The van der Waals surface area contributed by atoms with E-state index in [4.69, 9.17) is 5.73 Å². The Morgan fingerprint density at radius 2 is 1.03 bits per heavy atom. The van der Waals surface area contributed by atoms with E-state index in [2.05, 4.69) is 182 Å². The molecule has 3 heterocycles. The maximum Gasteiger partial charge on any atom is 1.00 e. The third kappa shape index (κ3) is 36.0. The van der Waals surface area contributed by atoms with Crippen LogP contribution in [0.5, 0.6) is 0 Å². The van der Waals surface area contributed by atoms with Gasteiger partial charge in [0, 0.05) is 137 Å². The molecule has 3 unspecified atom stereocenters. The second-order valence-electron chi connectivity index (χ2n) is 12.5. The molecule has 0 aromatic heterocycles. The molecular formula is C41H64I2N9Rb3Re3Rf3V-6. The van der Waals surface area contributed by atoms with Crippen LogP contribution in [0.3, 0.4) is 0 Å². The molecule has 6 rings (SSSR count). The first-order chi connectivity index (χ1) is 24.0. The molecule has 3 aromatic rings. The molecule has 3 aromatic carbocycles. The number of halogens is 2. The summed E-state index contributed by atoms with van der Waals surface area (Å²) in [6, 6.07) is 31.6. The maximum atomic E-state index is 5.70. The third-order valence-electron chi connectivity index (χ3n) is 8.79. The Balaban J connectivity index is -0.0000000592. The fourth-order valence-electron chi connectivity index (χ4n) is 5.09. The van der Waals surface area contributed by atoms with Gasteiger partial charge in [-0.25, -0.2) is 30.9 Å². The molecule has 0 spiro atoms. The topological polar surface area (TPSA) is 78.3 Å². The zero-order chi connectivity index (χ0) is 37.1. The number of piperazine rings is 3. The van der Waals surface area contributed by atoms with Crippen LogP contribution in [-0.4, -0.2) is 107 Å². The van der Waals surface area contributed by atoms with Gasteiger partial charge >= 0.3 is 175 Å². The molecule has 0 bridgehead atoms. The predicted octanol–water partition coefficient (Wildman–Crippen LogP) is -1.44. The van der Waals surface area contributed by atoms with E-state index in [1.807, 2.05) is 39.2 Å². The maximum absolute atomic E-state index is 5.70. The van der Waals surface area contributed by atoms with Crippen LogP contribution in [0.1, 0.15) is 41.2 Å². The number of nitrogens with two attached hydrogens (primary N) is 1. The Kier molecular flexibility index (Phi) is 78.5. The van der Waals surface area contributed by atoms with Gasteiger partial charge in [-0.3, -0.25) is 18.2 Å². The minimum absolute atomic E-state index is 0. The number of hydrogen-bond donors (Lipinski definition) is 4. The summed E-state index contributed by atoms with van der Waals surface area (Å²) in [6.45, 7) is 21.3. The standard InChI is InChI=1S/C13H18N3.C12H16N3.C8H9N.C6H13N2.2CH4.I2.3Rb.3Re.3Rf.V/c1-11-10-16(8-7-15(11)3)13-6-4-5-12(9-13)14-2;1-10-9-15(7-6-14(10)2)12-5-3-4-11(13)8-12;1-7-4-3-5-8(6-7)9-2;1-6-5-7-3-4-8(6)2;;;1-2;;;;;;;;;;/h4,7,9,11,14H,8,10H2,1-3H3;3,6,8,10H,7,9,13H2,1-2H3;3,6,9H,1-2H3;4,6-7H,3,5H2,1-2H3;2*1H4;;;;;;;;;;;/q2*-3;-2;-1;;;;3*+1;;;;;;;. The van der Waals surface area contributed by atoms with E-state index in [1.54, 1.807) is 12.1 Å². The number of rotatable bonds is 4. The SMILES string of the molecule is C.C.CC1CN(c2[c-]c[c-]c(N)c2)C[CH-]N1C.CC1CNC[CH-]N1C.CNc1[c-]c[c-]c(C)c1.CNc1[c-]c[c-]c(N2C[CH-]N(C)C(C)C2)c1.II.[Rb+].[Rb+].[Rb+].[Re].[Re].[Re].[Rf].[Rf].[Rf].[V]. The van der Waals surface area contributed by atoms with E-state index >= 15 is 0 Å². The fraction of sp³-hybridized carbons (Fsp3) is 0.488. The van der Waals surface area contributed by atoms with Crippen molar-refractivity contribution >= 4 is 65.7 Å². The second-order valence-corrected chi connectivity index (χ2v) is 12.5. The molecule has 9 nitrogen and oxygen atoms in total. The number of likely N-dealkylation sites (N-methyl/N-ethyl adjacent to an activating group) is 3. The first-order valence-electron chi connectivity index (χ1n) is 16.9. The normalized spacial score (nSPS) is 17.0. The van der Waals surface area contributed by atoms with Crippen LogP contribution >= 0.6 is 37.2 Å². The first-order valence-corrected chi connectivity index (χ1v) is 23.2. The second kappa shape index (κ2) is 53.3. The monoisotopic (exact) mass is 2600 g/mol. The van der Waals surface area contributed by atoms with Crippen LogP contribution in [0.15, 0.2) is 36.4 Å². The fourth-order valence-corrected chi connectivity index (χ4v) is 5.09. The van der Waals surface area contributed by atoms with Crippen LogP contribution in [0.4, 0.5) is 28.4 Å². The Morgan fingerprint density at radius 3 is 1.37 bits per heavy atom. The zero-order valence-electron chi connectivity index (χ0n) is 37.9. The summed E-state index contributed by atoms with van der Waals surface area (Å²) in [5, 5.41) is 9.36. The van der Waals surface area contributed by atoms with Gasteiger partial charge in [-0.15, -0.1) is 6.54 Å².